The Hall–Kier alpha value is -2.18. The SMILES string of the molecule is Cc1ccc(NC(=O)c2c(C)sc3c(=O)n(C4CCCCC4)cnc23)cc1Cl. The maximum atomic E-state index is 13.0. The van der Waals surface area contributed by atoms with Crippen LogP contribution in [-0.2, 0) is 0 Å². The zero-order valence-corrected chi connectivity index (χ0v) is 17.5. The highest BCUT2D eigenvalue weighted by Crippen LogP contribution is 2.31. The van der Waals surface area contributed by atoms with E-state index in [0.717, 1.165) is 36.1 Å². The van der Waals surface area contributed by atoms with E-state index in [1.807, 2.05) is 26.0 Å². The summed E-state index contributed by atoms with van der Waals surface area (Å²) in [5, 5.41) is 3.47. The van der Waals surface area contributed by atoms with E-state index in [-0.39, 0.29) is 17.5 Å². The predicted molar refractivity (Wildman–Crippen MR) is 115 cm³/mol. The molecule has 2 aromatic heterocycles. The average Bonchev–Trinajstić information content (AvgIpc) is 3.03. The van der Waals surface area contributed by atoms with Crippen molar-refractivity contribution >= 4 is 44.7 Å². The second kappa shape index (κ2) is 7.68. The molecule has 0 unspecified atom stereocenters. The lowest BCUT2D eigenvalue weighted by atomic mass is 9.95. The van der Waals surface area contributed by atoms with Crippen molar-refractivity contribution in [3.8, 4) is 0 Å². The molecule has 1 aromatic carbocycles. The first kappa shape index (κ1) is 19.2. The summed E-state index contributed by atoms with van der Waals surface area (Å²) in [5.74, 6) is -0.272. The second-order valence-electron chi connectivity index (χ2n) is 7.38. The van der Waals surface area contributed by atoms with Crippen LogP contribution in [0.3, 0.4) is 0 Å². The predicted octanol–water partition coefficient (Wildman–Crippen LogP) is 5.49. The van der Waals surface area contributed by atoms with Crippen molar-refractivity contribution < 1.29 is 4.79 Å². The van der Waals surface area contributed by atoms with E-state index in [9.17, 15) is 9.59 Å². The van der Waals surface area contributed by atoms with Gasteiger partial charge in [-0.2, -0.15) is 0 Å². The van der Waals surface area contributed by atoms with Gasteiger partial charge in [-0.05, 0) is 44.4 Å². The zero-order chi connectivity index (χ0) is 19.8. The van der Waals surface area contributed by atoms with Crippen molar-refractivity contribution in [3.63, 3.8) is 0 Å². The van der Waals surface area contributed by atoms with Crippen molar-refractivity contribution in [2.24, 2.45) is 0 Å². The van der Waals surface area contributed by atoms with Crippen LogP contribution in [0.5, 0.6) is 0 Å². The lowest BCUT2D eigenvalue weighted by Gasteiger charge is -2.23. The van der Waals surface area contributed by atoms with Crippen molar-refractivity contribution in [3.05, 3.63) is 55.9 Å². The fourth-order valence-corrected chi connectivity index (χ4v) is 5.06. The summed E-state index contributed by atoms with van der Waals surface area (Å²) in [6, 6.07) is 5.61. The Labute approximate surface area is 172 Å². The molecule has 0 bridgehead atoms. The number of nitrogens with zero attached hydrogens (tertiary/aromatic N) is 2. The van der Waals surface area contributed by atoms with Crippen LogP contribution in [0.4, 0.5) is 5.69 Å². The Morgan fingerprint density at radius 3 is 2.71 bits per heavy atom. The molecule has 0 spiro atoms. The number of benzene rings is 1. The van der Waals surface area contributed by atoms with Gasteiger partial charge in [0.1, 0.15) is 10.2 Å². The second-order valence-corrected chi connectivity index (χ2v) is 9.01. The summed E-state index contributed by atoms with van der Waals surface area (Å²) in [4.78, 5) is 31.3. The summed E-state index contributed by atoms with van der Waals surface area (Å²) in [7, 11) is 0. The molecule has 1 fully saturated rings. The molecule has 0 radical (unpaired) electrons. The van der Waals surface area contributed by atoms with Gasteiger partial charge in [-0.1, -0.05) is 36.9 Å². The van der Waals surface area contributed by atoms with Gasteiger partial charge in [0.25, 0.3) is 11.5 Å². The van der Waals surface area contributed by atoms with Gasteiger partial charge < -0.3 is 5.32 Å². The molecule has 1 aliphatic carbocycles. The third-order valence-electron chi connectivity index (χ3n) is 5.42. The Bertz CT molecular complexity index is 1110. The Morgan fingerprint density at radius 2 is 2.00 bits per heavy atom. The van der Waals surface area contributed by atoms with Crippen LogP contribution in [0, 0.1) is 13.8 Å². The molecule has 5 nitrogen and oxygen atoms in total. The first-order valence-electron chi connectivity index (χ1n) is 9.53. The fourth-order valence-electron chi connectivity index (χ4n) is 3.84. The quantitative estimate of drug-likeness (QED) is 0.615. The first-order chi connectivity index (χ1) is 13.5. The minimum Gasteiger partial charge on any atom is -0.322 e. The number of amides is 1. The van der Waals surface area contributed by atoms with E-state index < -0.39 is 0 Å². The zero-order valence-electron chi connectivity index (χ0n) is 15.9. The molecule has 1 N–H and O–H groups in total. The third-order valence-corrected chi connectivity index (χ3v) is 6.91. The number of hydrogen-bond donors (Lipinski definition) is 1. The monoisotopic (exact) mass is 415 g/mol. The minimum atomic E-state index is -0.272. The number of aromatic nitrogens is 2. The van der Waals surface area contributed by atoms with Gasteiger partial charge >= 0.3 is 0 Å². The summed E-state index contributed by atoms with van der Waals surface area (Å²) in [6.45, 7) is 3.76. The number of carbonyl (C=O) groups is 1. The van der Waals surface area contributed by atoms with E-state index >= 15 is 0 Å². The Balaban J connectivity index is 1.70. The molecule has 1 aliphatic rings. The number of fused-ring (bicyclic) bond motifs is 1. The normalized spacial score (nSPS) is 15.1. The molecule has 0 saturated heterocycles. The smallest absolute Gasteiger partial charge is 0.271 e. The highest BCUT2D eigenvalue weighted by Gasteiger charge is 2.23. The van der Waals surface area contributed by atoms with Crippen molar-refractivity contribution in [1.29, 1.82) is 0 Å². The van der Waals surface area contributed by atoms with Gasteiger partial charge in [0.15, 0.2) is 0 Å². The van der Waals surface area contributed by atoms with Gasteiger partial charge in [0.05, 0.1) is 11.9 Å². The molecule has 1 saturated carbocycles. The van der Waals surface area contributed by atoms with Gasteiger partial charge in [0, 0.05) is 21.6 Å². The molecule has 0 atom stereocenters. The number of thiophene rings is 1. The maximum absolute atomic E-state index is 13.0. The number of aryl methyl sites for hydroxylation is 2. The van der Waals surface area contributed by atoms with Crippen molar-refractivity contribution in [1.82, 2.24) is 9.55 Å². The maximum Gasteiger partial charge on any atom is 0.271 e. The topological polar surface area (TPSA) is 64.0 Å². The molecule has 28 heavy (non-hydrogen) atoms. The number of rotatable bonds is 3. The molecular weight excluding hydrogens is 394 g/mol. The summed E-state index contributed by atoms with van der Waals surface area (Å²) in [6.07, 6.45) is 7.16. The van der Waals surface area contributed by atoms with Gasteiger partial charge in [-0.25, -0.2) is 4.98 Å². The van der Waals surface area contributed by atoms with Gasteiger partial charge in [-0.15, -0.1) is 11.3 Å². The Kier molecular flexibility index (Phi) is 5.25. The van der Waals surface area contributed by atoms with Crippen molar-refractivity contribution in [2.75, 3.05) is 5.32 Å². The van der Waals surface area contributed by atoms with Crippen LogP contribution in [-0.4, -0.2) is 15.5 Å². The number of anilines is 1. The lowest BCUT2D eigenvalue weighted by molar-refractivity contribution is 0.102. The van der Waals surface area contributed by atoms with Crippen LogP contribution in [0.2, 0.25) is 5.02 Å². The molecule has 3 aromatic rings. The largest absolute Gasteiger partial charge is 0.322 e. The fraction of sp³-hybridized carbons (Fsp3) is 0.381. The van der Waals surface area contributed by atoms with E-state index in [1.54, 1.807) is 17.0 Å². The number of nitrogens with one attached hydrogen (secondary N) is 1. The molecule has 146 valence electrons. The molecule has 1 amide bonds. The minimum absolute atomic E-state index is 0.0394. The van der Waals surface area contributed by atoms with Crippen LogP contribution in [0.15, 0.2) is 29.3 Å². The lowest BCUT2D eigenvalue weighted by Crippen LogP contribution is -2.26. The van der Waals surface area contributed by atoms with E-state index in [2.05, 4.69) is 10.3 Å². The van der Waals surface area contributed by atoms with Crippen LogP contribution < -0.4 is 10.9 Å². The van der Waals surface area contributed by atoms with E-state index in [0.29, 0.717) is 26.5 Å². The molecule has 7 heteroatoms. The van der Waals surface area contributed by atoms with E-state index in [1.165, 1.54) is 17.8 Å². The third kappa shape index (κ3) is 3.47. The van der Waals surface area contributed by atoms with Crippen LogP contribution in [0.1, 0.15) is 58.9 Å². The number of carbonyl (C=O) groups excluding carboxylic acids is 1. The number of halogens is 1. The number of hydrogen-bond acceptors (Lipinski definition) is 4. The molecule has 4 rings (SSSR count). The van der Waals surface area contributed by atoms with Gasteiger partial charge in [-0.3, -0.25) is 14.2 Å². The molecule has 2 heterocycles. The van der Waals surface area contributed by atoms with E-state index in [4.69, 9.17) is 11.6 Å². The van der Waals surface area contributed by atoms with Crippen LogP contribution in [0.25, 0.3) is 10.2 Å². The van der Waals surface area contributed by atoms with Crippen LogP contribution >= 0.6 is 22.9 Å². The standard InChI is InChI=1S/C21H22ClN3O2S/c1-12-8-9-14(10-16(12)22)24-20(26)17-13(2)28-19-18(17)23-11-25(21(19)27)15-6-4-3-5-7-15/h8-11,15H,3-7H2,1-2H3,(H,24,26). The highest BCUT2D eigenvalue weighted by molar-refractivity contribution is 7.19. The molecule has 0 aliphatic heterocycles. The Morgan fingerprint density at radius 1 is 1.25 bits per heavy atom. The summed E-state index contributed by atoms with van der Waals surface area (Å²) in [5.41, 5.74) is 2.47. The average molecular weight is 416 g/mol. The van der Waals surface area contributed by atoms with Crippen molar-refractivity contribution in [2.45, 2.75) is 52.0 Å². The summed E-state index contributed by atoms with van der Waals surface area (Å²) < 4.78 is 2.32. The van der Waals surface area contributed by atoms with Gasteiger partial charge in [0.2, 0.25) is 0 Å². The first-order valence-corrected chi connectivity index (χ1v) is 10.7. The molecular formula is C21H22ClN3O2S. The summed E-state index contributed by atoms with van der Waals surface area (Å²) >= 11 is 7.50. The highest BCUT2D eigenvalue weighted by atomic mass is 35.5.